The number of rotatable bonds is 7. The lowest BCUT2D eigenvalue weighted by Crippen LogP contribution is -2.32. The van der Waals surface area contributed by atoms with Crippen LogP contribution in [0, 0.1) is 0 Å². The highest BCUT2D eigenvalue weighted by Gasteiger charge is 2.12. The molecule has 0 unspecified atom stereocenters. The van der Waals surface area contributed by atoms with E-state index in [-0.39, 0.29) is 0 Å². The topological polar surface area (TPSA) is 81.1 Å². The molecule has 1 aromatic heterocycles. The van der Waals surface area contributed by atoms with Crippen LogP contribution in [0.2, 0.25) is 0 Å². The van der Waals surface area contributed by atoms with Crippen LogP contribution in [0.4, 0.5) is 0 Å². The van der Waals surface area contributed by atoms with Crippen molar-refractivity contribution in [2.75, 3.05) is 5.75 Å². The van der Waals surface area contributed by atoms with Crippen molar-refractivity contribution in [3.05, 3.63) is 17.5 Å². The zero-order chi connectivity index (χ0) is 12.8. The maximum atomic E-state index is 10.6. The van der Waals surface area contributed by atoms with Gasteiger partial charge in [-0.25, -0.2) is 0 Å². The zero-order valence-corrected chi connectivity index (χ0v) is 11.0. The van der Waals surface area contributed by atoms with Crippen molar-refractivity contribution < 1.29 is 9.90 Å². The molecule has 5 nitrogen and oxygen atoms in total. The maximum Gasteiger partial charge on any atom is 0.321 e. The van der Waals surface area contributed by atoms with Gasteiger partial charge in [-0.3, -0.25) is 9.48 Å². The molecule has 3 N–H and O–H groups in total. The molecule has 1 aromatic rings. The van der Waals surface area contributed by atoms with Gasteiger partial charge in [-0.05, 0) is 19.4 Å². The van der Waals surface area contributed by atoms with Crippen LogP contribution in [0.5, 0.6) is 0 Å². The summed E-state index contributed by atoms with van der Waals surface area (Å²) in [5, 5.41) is 13.1. The van der Waals surface area contributed by atoms with Crippen LogP contribution in [-0.2, 0) is 23.5 Å². The van der Waals surface area contributed by atoms with Crippen LogP contribution < -0.4 is 5.73 Å². The SMILES string of the molecule is CCc1cc(CSC[C@H](N)C(=O)O)n(CC)n1. The highest BCUT2D eigenvalue weighted by molar-refractivity contribution is 7.98. The van der Waals surface area contributed by atoms with Gasteiger partial charge in [-0.15, -0.1) is 0 Å². The molecule has 0 saturated heterocycles. The van der Waals surface area contributed by atoms with Crippen LogP contribution in [0.3, 0.4) is 0 Å². The van der Waals surface area contributed by atoms with E-state index >= 15 is 0 Å². The third-order valence-electron chi connectivity index (χ3n) is 2.44. The normalized spacial score (nSPS) is 12.6. The van der Waals surface area contributed by atoms with Crippen molar-refractivity contribution in [3.63, 3.8) is 0 Å². The third kappa shape index (κ3) is 4.05. The fraction of sp³-hybridized carbons (Fsp3) is 0.636. The largest absolute Gasteiger partial charge is 0.480 e. The summed E-state index contributed by atoms with van der Waals surface area (Å²) in [5.74, 6) is 0.226. The van der Waals surface area contributed by atoms with Gasteiger partial charge >= 0.3 is 5.97 Å². The molecule has 0 aliphatic carbocycles. The van der Waals surface area contributed by atoms with Gasteiger partial charge in [-0.1, -0.05) is 6.92 Å². The Balaban J connectivity index is 2.50. The first-order chi connectivity index (χ1) is 8.08. The lowest BCUT2D eigenvalue weighted by atomic mass is 10.3. The van der Waals surface area contributed by atoms with E-state index in [0.717, 1.165) is 30.1 Å². The van der Waals surface area contributed by atoms with Crippen molar-refractivity contribution in [2.45, 2.75) is 38.6 Å². The summed E-state index contributed by atoms with van der Waals surface area (Å²) >= 11 is 1.53. The minimum absolute atomic E-state index is 0.422. The fourth-order valence-electron chi connectivity index (χ4n) is 1.44. The minimum atomic E-state index is -0.948. The zero-order valence-electron chi connectivity index (χ0n) is 10.2. The van der Waals surface area contributed by atoms with Gasteiger partial charge < -0.3 is 10.8 Å². The van der Waals surface area contributed by atoms with Crippen LogP contribution in [0.1, 0.15) is 25.2 Å². The Morgan fingerprint density at radius 1 is 1.65 bits per heavy atom. The molecule has 0 saturated carbocycles. The average Bonchev–Trinajstić information content (AvgIpc) is 2.71. The van der Waals surface area contributed by atoms with Crippen molar-refractivity contribution >= 4 is 17.7 Å². The van der Waals surface area contributed by atoms with Gasteiger partial charge in [0.1, 0.15) is 6.04 Å². The Hall–Kier alpha value is -1.01. The molecular formula is C11H19N3O2S. The van der Waals surface area contributed by atoms with Gasteiger partial charge in [0.15, 0.2) is 0 Å². The molecule has 1 heterocycles. The van der Waals surface area contributed by atoms with Gasteiger partial charge in [0.05, 0.1) is 5.69 Å². The monoisotopic (exact) mass is 257 g/mol. The molecular weight excluding hydrogens is 238 g/mol. The number of hydrogen-bond acceptors (Lipinski definition) is 4. The minimum Gasteiger partial charge on any atom is -0.480 e. The number of carboxylic acid groups (broad SMARTS) is 1. The van der Waals surface area contributed by atoms with Gasteiger partial charge in [0.2, 0.25) is 0 Å². The van der Waals surface area contributed by atoms with Crippen molar-refractivity contribution in [1.82, 2.24) is 9.78 Å². The fourth-order valence-corrected chi connectivity index (χ4v) is 2.40. The van der Waals surface area contributed by atoms with E-state index in [4.69, 9.17) is 10.8 Å². The smallest absolute Gasteiger partial charge is 0.321 e. The van der Waals surface area contributed by atoms with Crippen LogP contribution in [-0.4, -0.2) is 32.7 Å². The molecule has 17 heavy (non-hydrogen) atoms. The Morgan fingerprint density at radius 3 is 2.88 bits per heavy atom. The standard InChI is InChI=1S/C11H19N3O2S/c1-3-8-5-9(14(4-2)13-8)6-17-7-10(12)11(15)16/h5,10H,3-4,6-7,12H2,1-2H3,(H,15,16)/t10-/m0/s1. The van der Waals surface area contributed by atoms with E-state index in [1.54, 1.807) is 0 Å². The number of hydrogen-bond donors (Lipinski definition) is 2. The Bertz CT molecular complexity index is 379. The predicted octanol–water partition coefficient (Wildman–Crippen LogP) is 1.11. The number of nitrogens with zero attached hydrogens (tertiary/aromatic N) is 2. The summed E-state index contributed by atoms with van der Waals surface area (Å²) < 4.78 is 1.96. The number of carboxylic acids is 1. The predicted molar refractivity (Wildman–Crippen MR) is 69.1 cm³/mol. The Morgan fingerprint density at radius 2 is 2.35 bits per heavy atom. The first-order valence-electron chi connectivity index (χ1n) is 5.70. The summed E-state index contributed by atoms with van der Waals surface area (Å²) in [7, 11) is 0. The summed E-state index contributed by atoms with van der Waals surface area (Å²) in [6, 6.07) is 1.28. The number of carbonyl (C=O) groups is 1. The maximum absolute atomic E-state index is 10.6. The summed E-state index contributed by atoms with van der Waals surface area (Å²) in [6.07, 6.45) is 0.916. The first kappa shape index (κ1) is 14.1. The first-order valence-corrected chi connectivity index (χ1v) is 6.85. The molecule has 1 rings (SSSR count). The summed E-state index contributed by atoms with van der Waals surface area (Å²) in [6.45, 7) is 4.95. The number of aliphatic carboxylic acids is 1. The molecule has 96 valence electrons. The average molecular weight is 257 g/mol. The molecule has 0 spiro atoms. The molecule has 0 bridgehead atoms. The summed E-state index contributed by atoms with van der Waals surface area (Å²) in [5.41, 5.74) is 7.65. The molecule has 0 aliphatic rings. The number of aromatic nitrogens is 2. The van der Waals surface area contributed by atoms with E-state index in [2.05, 4.69) is 18.1 Å². The van der Waals surface area contributed by atoms with E-state index < -0.39 is 12.0 Å². The van der Waals surface area contributed by atoms with Crippen molar-refractivity contribution in [2.24, 2.45) is 5.73 Å². The van der Waals surface area contributed by atoms with E-state index in [1.165, 1.54) is 11.8 Å². The van der Waals surface area contributed by atoms with Crippen LogP contribution in [0.15, 0.2) is 6.07 Å². The lowest BCUT2D eigenvalue weighted by Gasteiger charge is -2.07. The molecule has 0 aromatic carbocycles. The van der Waals surface area contributed by atoms with E-state index in [0.29, 0.717) is 5.75 Å². The molecule has 6 heteroatoms. The Kier molecular flexibility index (Phi) is 5.50. The molecule has 1 atom stereocenters. The molecule has 0 amide bonds. The molecule has 0 aliphatic heterocycles. The highest BCUT2D eigenvalue weighted by atomic mass is 32.2. The molecule has 0 radical (unpaired) electrons. The highest BCUT2D eigenvalue weighted by Crippen LogP contribution is 2.15. The Labute approximate surface area is 105 Å². The lowest BCUT2D eigenvalue weighted by molar-refractivity contribution is -0.137. The molecule has 0 fully saturated rings. The van der Waals surface area contributed by atoms with E-state index in [9.17, 15) is 4.79 Å². The van der Waals surface area contributed by atoms with E-state index in [1.807, 2.05) is 11.6 Å². The summed E-state index contributed by atoms with van der Waals surface area (Å²) in [4.78, 5) is 10.6. The second kappa shape index (κ2) is 6.66. The van der Waals surface area contributed by atoms with Crippen molar-refractivity contribution in [3.8, 4) is 0 Å². The number of aryl methyl sites for hydroxylation is 2. The second-order valence-corrected chi connectivity index (χ2v) is 4.79. The number of nitrogens with two attached hydrogens (primary N) is 1. The number of thioether (sulfide) groups is 1. The van der Waals surface area contributed by atoms with Gasteiger partial charge in [0.25, 0.3) is 0 Å². The third-order valence-corrected chi connectivity index (χ3v) is 3.53. The van der Waals surface area contributed by atoms with Gasteiger partial charge in [0, 0.05) is 23.7 Å². The second-order valence-electron chi connectivity index (χ2n) is 3.76. The van der Waals surface area contributed by atoms with Crippen LogP contribution in [0.25, 0.3) is 0 Å². The van der Waals surface area contributed by atoms with Crippen LogP contribution >= 0.6 is 11.8 Å². The van der Waals surface area contributed by atoms with Gasteiger partial charge in [-0.2, -0.15) is 16.9 Å². The quantitative estimate of drug-likeness (QED) is 0.764. The van der Waals surface area contributed by atoms with Crippen molar-refractivity contribution in [1.29, 1.82) is 0 Å².